The molecule has 2 aromatic rings. The number of hydrogen-bond acceptors (Lipinski definition) is 2. The number of benzene rings is 2. The molecule has 0 amide bonds. The van der Waals surface area contributed by atoms with Gasteiger partial charge >= 0.3 is 0 Å². The standard InChI is InChI=1S/C16H11FN2/c1-11-13(6-9-16(19)15(11)10-18)5-2-12-3-7-14(17)8-4-12/h3-4,6-9H,19H2,1H3. The third-order valence-corrected chi connectivity index (χ3v) is 2.79. The average Bonchev–Trinajstić information content (AvgIpc) is 2.40. The van der Waals surface area contributed by atoms with E-state index < -0.39 is 0 Å². The van der Waals surface area contributed by atoms with Gasteiger partial charge < -0.3 is 5.73 Å². The van der Waals surface area contributed by atoms with Crippen molar-refractivity contribution in [3.05, 3.63) is 64.5 Å². The van der Waals surface area contributed by atoms with Crippen LogP contribution in [0.1, 0.15) is 22.3 Å². The molecule has 0 aliphatic heterocycles. The van der Waals surface area contributed by atoms with Crippen molar-refractivity contribution >= 4 is 5.69 Å². The first-order chi connectivity index (χ1) is 9.11. The second kappa shape index (κ2) is 5.25. The monoisotopic (exact) mass is 250 g/mol. The summed E-state index contributed by atoms with van der Waals surface area (Å²) in [5.41, 5.74) is 8.84. The average molecular weight is 250 g/mol. The summed E-state index contributed by atoms with van der Waals surface area (Å²) < 4.78 is 12.8. The van der Waals surface area contributed by atoms with Crippen molar-refractivity contribution in [2.24, 2.45) is 0 Å². The molecule has 92 valence electrons. The van der Waals surface area contributed by atoms with E-state index in [0.717, 1.165) is 16.7 Å². The number of anilines is 1. The van der Waals surface area contributed by atoms with Crippen LogP contribution in [0.2, 0.25) is 0 Å². The molecular weight excluding hydrogens is 239 g/mol. The second-order valence-electron chi connectivity index (χ2n) is 4.07. The molecule has 0 heterocycles. The van der Waals surface area contributed by atoms with Crippen LogP contribution in [0.3, 0.4) is 0 Å². The zero-order chi connectivity index (χ0) is 13.8. The maximum Gasteiger partial charge on any atom is 0.123 e. The quantitative estimate of drug-likeness (QED) is 0.577. The van der Waals surface area contributed by atoms with Crippen LogP contribution >= 0.6 is 0 Å². The van der Waals surface area contributed by atoms with Crippen LogP contribution in [0.25, 0.3) is 0 Å². The predicted octanol–water partition coefficient (Wildman–Crippen LogP) is 2.99. The van der Waals surface area contributed by atoms with Crippen LogP contribution in [0.15, 0.2) is 36.4 Å². The Morgan fingerprint density at radius 1 is 1.05 bits per heavy atom. The topological polar surface area (TPSA) is 49.8 Å². The van der Waals surface area contributed by atoms with Gasteiger partial charge in [0.2, 0.25) is 0 Å². The highest BCUT2D eigenvalue weighted by Gasteiger charge is 2.05. The first-order valence-electron chi connectivity index (χ1n) is 5.68. The molecule has 0 fully saturated rings. The van der Waals surface area contributed by atoms with Gasteiger partial charge in [-0.15, -0.1) is 0 Å². The van der Waals surface area contributed by atoms with Gasteiger partial charge in [-0.05, 0) is 48.9 Å². The predicted molar refractivity (Wildman–Crippen MR) is 72.7 cm³/mol. The summed E-state index contributed by atoms with van der Waals surface area (Å²) in [7, 11) is 0. The van der Waals surface area contributed by atoms with Crippen LogP contribution in [0.5, 0.6) is 0 Å². The summed E-state index contributed by atoms with van der Waals surface area (Å²) in [6, 6.07) is 11.5. The molecule has 2 aromatic carbocycles. The molecule has 0 radical (unpaired) electrons. The third kappa shape index (κ3) is 2.73. The van der Waals surface area contributed by atoms with Gasteiger partial charge in [-0.1, -0.05) is 11.8 Å². The lowest BCUT2D eigenvalue weighted by atomic mass is 10.0. The summed E-state index contributed by atoms with van der Waals surface area (Å²) in [5.74, 6) is 5.61. The van der Waals surface area contributed by atoms with Gasteiger partial charge in [0.05, 0.1) is 5.56 Å². The number of nitrogen functional groups attached to an aromatic ring is 1. The van der Waals surface area contributed by atoms with Gasteiger partial charge in [0.25, 0.3) is 0 Å². The fourth-order valence-electron chi connectivity index (χ4n) is 1.69. The zero-order valence-corrected chi connectivity index (χ0v) is 10.4. The fraction of sp³-hybridized carbons (Fsp3) is 0.0625. The molecule has 0 aliphatic carbocycles. The molecule has 3 heteroatoms. The molecule has 0 aromatic heterocycles. The SMILES string of the molecule is Cc1c(C#Cc2ccc(F)cc2)ccc(N)c1C#N. The highest BCUT2D eigenvalue weighted by atomic mass is 19.1. The first kappa shape index (κ1) is 12.7. The molecule has 0 saturated heterocycles. The van der Waals surface area contributed by atoms with E-state index in [1.165, 1.54) is 12.1 Å². The number of hydrogen-bond donors (Lipinski definition) is 1. The van der Waals surface area contributed by atoms with Gasteiger partial charge in [-0.25, -0.2) is 4.39 Å². The minimum absolute atomic E-state index is 0.291. The van der Waals surface area contributed by atoms with Crippen molar-refractivity contribution in [1.29, 1.82) is 5.26 Å². The Bertz CT molecular complexity index is 713. The lowest BCUT2D eigenvalue weighted by molar-refractivity contribution is 0.627. The molecule has 0 bridgehead atoms. The lowest BCUT2D eigenvalue weighted by Gasteiger charge is -2.03. The van der Waals surface area contributed by atoms with Crippen molar-refractivity contribution in [2.75, 3.05) is 5.73 Å². The summed E-state index contributed by atoms with van der Waals surface area (Å²) >= 11 is 0. The van der Waals surface area contributed by atoms with Crippen molar-refractivity contribution in [3.8, 4) is 17.9 Å². The number of halogens is 1. The molecular formula is C16H11FN2. The Balaban J connectivity index is 2.41. The van der Waals surface area contributed by atoms with Gasteiger partial charge in [0, 0.05) is 16.8 Å². The fourth-order valence-corrected chi connectivity index (χ4v) is 1.69. The van der Waals surface area contributed by atoms with Gasteiger partial charge in [0.1, 0.15) is 11.9 Å². The summed E-state index contributed by atoms with van der Waals surface area (Å²) in [6.07, 6.45) is 0. The number of nitrogens with two attached hydrogens (primary N) is 1. The van der Waals surface area contributed by atoms with Crippen molar-refractivity contribution < 1.29 is 4.39 Å². The largest absolute Gasteiger partial charge is 0.398 e. The number of rotatable bonds is 0. The summed E-state index contributed by atoms with van der Waals surface area (Å²) in [5, 5.41) is 9.02. The van der Waals surface area contributed by atoms with Crippen molar-refractivity contribution in [1.82, 2.24) is 0 Å². The number of nitriles is 1. The van der Waals surface area contributed by atoms with Crippen LogP contribution in [0.4, 0.5) is 10.1 Å². The molecule has 0 saturated carbocycles. The second-order valence-corrected chi connectivity index (χ2v) is 4.07. The molecule has 2 rings (SSSR count). The highest BCUT2D eigenvalue weighted by molar-refractivity contribution is 5.63. The Kier molecular flexibility index (Phi) is 3.50. The minimum atomic E-state index is -0.291. The maximum atomic E-state index is 12.8. The van der Waals surface area contributed by atoms with Crippen molar-refractivity contribution in [2.45, 2.75) is 6.92 Å². The Morgan fingerprint density at radius 2 is 1.74 bits per heavy atom. The van der Waals surface area contributed by atoms with Crippen molar-refractivity contribution in [3.63, 3.8) is 0 Å². The van der Waals surface area contributed by atoms with Gasteiger partial charge in [0.15, 0.2) is 0 Å². The molecule has 2 N–H and O–H groups in total. The lowest BCUT2D eigenvalue weighted by Crippen LogP contribution is -1.95. The minimum Gasteiger partial charge on any atom is -0.398 e. The Morgan fingerprint density at radius 3 is 2.37 bits per heavy atom. The van der Waals surface area contributed by atoms with Crippen LogP contribution in [-0.2, 0) is 0 Å². The molecule has 0 aliphatic rings. The molecule has 0 spiro atoms. The van der Waals surface area contributed by atoms with Gasteiger partial charge in [-0.3, -0.25) is 0 Å². The summed E-state index contributed by atoms with van der Waals surface area (Å²) in [6.45, 7) is 1.81. The van der Waals surface area contributed by atoms with E-state index in [-0.39, 0.29) is 5.82 Å². The van der Waals surface area contributed by atoms with E-state index in [1.807, 2.05) is 6.92 Å². The highest BCUT2D eigenvalue weighted by Crippen LogP contribution is 2.19. The normalized spacial score (nSPS) is 9.32. The van der Waals surface area contributed by atoms with Crippen LogP contribution in [-0.4, -0.2) is 0 Å². The summed E-state index contributed by atoms with van der Waals surface area (Å²) in [4.78, 5) is 0. The molecule has 0 atom stereocenters. The van der Waals surface area contributed by atoms with Crippen LogP contribution < -0.4 is 5.73 Å². The Hall–Kier alpha value is -2.78. The molecule has 0 unspecified atom stereocenters. The molecule has 19 heavy (non-hydrogen) atoms. The Labute approximate surface area is 111 Å². The third-order valence-electron chi connectivity index (χ3n) is 2.79. The first-order valence-corrected chi connectivity index (χ1v) is 5.68. The number of nitrogens with zero attached hydrogens (tertiary/aromatic N) is 1. The van der Waals surface area contributed by atoms with E-state index >= 15 is 0 Å². The van der Waals surface area contributed by atoms with E-state index in [9.17, 15) is 4.39 Å². The van der Waals surface area contributed by atoms with Crippen LogP contribution in [0, 0.1) is 35.9 Å². The van der Waals surface area contributed by atoms with Gasteiger partial charge in [-0.2, -0.15) is 5.26 Å². The van der Waals surface area contributed by atoms with E-state index in [2.05, 4.69) is 17.9 Å². The van der Waals surface area contributed by atoms with E-state index in [4.69, 9.17) is 11.0 Å². The maximum absolute atomic E-state index is 12.8. The van der Waals surface area contributed by atoms with E-state index in [1.54, 1.807) is 24.3 Å². The molecule has 2 nitrogen and oxygen atoms in total. The smallest absolute Gasteiger partial charge is 0.123 e. The van der Waals surface area contributed by atoms with E-state index in [0.29, 0.717) is 11.3 Å². The zero-order valence-electron chi connectivity index (χ0n) is 10.4.